The predicted molar refractivity (Wildman–Crippen MR) is 76.4 cm³/mol. The summed E-state index contributed by atoms with van der Waals surface area (Å²) in [4.78, 5) is 16.3. The molecule has 0 amide bonds. The van der Waals surface area contributed by atoms with E-state index in [0.717, 1.165) is 21.4 Å². The SMILES string of the molecule is COC(=O)c1nc(-c2cccc(Br)c2)c2n1CCOC2. The van der Waals surface area contributed by atoms with Gasteiger partial charge in [-0.15, -0.1) is 0 Å². The zero-order valence-corrected chi connectivity index (χ0v) is 12.5. The lowest BCUT2D eigenvalue weighted by atomic mass is 10.1. The van der Waals surface area contributed by atoms with E-state index in [1.807, 2.05) is 28.8 Å². The highest BCUT2D eigenvalue weighted by Crippen LogP contribution is 2.29. The fraction of sp³-hybridized carbons (Fsp3) is 0.286. The quantitative estimate of drug-likeness (QED) is 0.791. The molecule has 0 N–H and O–H groups in total. The maximum atomic E-state index is 11.8. The smallest absolute Gasteiger partial charge is 0.374 e. The van der Waals surface area contributed by atoms with Crippen LogP contribution in [-0.2, 0) is 22.6 Å². The molecule has 0 radical (unpaired) electrons. The van der Waals surface area contributed by atoms with Gasteiger partial charge in [0.05, 0.1) is 31.7 Å². The number of nitrogens with zero attached hydrogens (tertiary/aromatic N) is 2. The highest BCUT2D eigenvalue weighted by atomic mass is 79.9. The molecule has 0 aliphatic carbocycles. The number of carbonyl (C=O) groups excluding carboxylic acids is 1. The van der Waals surface area contributed by atoms with Gasteiger partial charge in [0.1, 0.15) is 0 Å². The van der Waals surface area contributed by atoms with E-state index in [-0.39, 0.29) is 0 Å². The van der Waals surface area contributed by atoms with Gasteiger partial charge in [-0.1, -0.05) is 28.1 Å². The lowest BCUT2D eigenvalue weighted by Gasteiger charge is -2.17. The van der Waals surface area contributed by atoms with Gasteiger partial charge in [0.25, 0.3) is 0 Å². The molecule has 0 spiro atoms. The molecular weight excluding hydrogens is 324 g/mol. The predicted octanol–water partition coefficient (Wildman–Crippen LogP) is 2.63. The monoisotopic (exact) mass is 336 g/mol. The first-order valence-corrected chi connectivity index (χ1v) is 7.01. The van der Waals surface area contributed by atoms with Gasteiger partial charge in [-0.25, -0.2) is 9.78 Å². The van der Waals surface area contributed by atoms with Crippen LogP contribution in [0.25, 0.3) is 11.3 Å². The van der Waals surface area contributed by atoms with Gasteiger partial charge in [0.2, 0.25) is 5.82 Å². The van der Waals surface area contributed by atoms with Gasteiger partial charge in [0, 0.05) is 16.6 Å². The van der Waals surface area contributed by atoms with Gasteiger partial charge in [-0.2, -0.15) is 0 Å². The van der Waals surface area contributed by atoms with E-state index in [4.69, 9.17) is 9.47 Å². The van der Waals surface area contributed by atoms with E-state index < -0.39 is 5.97 Å². The van der Waals surface area contributed by atoms with Crippen LogP contribution in [0, 0.1) is 0 Å². The largest absolute Gasteiger partial charge is 0.463 e. The molecule has 0 saturated carbocycles. The third-order valence-corrected chi connectivity index (χ3v) is 3.73. The molecule has 0 unspecified atom stereocenters. The summed E-state index contributed by atoms with van der Waals surface area (Å²) in [5, 5.41) is 0. The maximum absolute atomic E-state index is 11.8. The van der Waals surface area contributed by atoms with Crippen LogP contribution in [-0.4, -0.2) is 29.2 Å². The third kappa shape index (κ3) is 2.25. The number of hydrogen-bond acceptors (Lipinski definition) is 4. The summed E-state index contributed by atoms with van der Waals surface area (Å²) < 4.78 is 13.1. The molecule has 0 fully saturated rings. The molecule has 0 bridgehead atoms. The van der Waals surface area contributed by atoms with E-state index in [0.29, 0.717) is 25.6 Å². The van der Waals surface area contributed by atoms with Crippen LogP contribution in [0.1, 0.15) is 16.3 Å². The number of fused-ring (bicyclic) bond motifs is 1. The number of aromatic nitrogens is 2. The lowest BCUT2D eigenvalue weighted by Crippen LogP contribution is -2.21. The molecule has 20 heavy (non-hydrogen) atoms. The molecule has 104 valence electrons. The zero-order valence-electron chi connectivity index (χ0n) is 10.9. The molecule has 0 atom stereocenters. The van der Waals surface area contributed by atoms with Gasteiger partial charge in [-0.3, -0.25) is 0 Å². The van der Waals surface area contributed by atoms with E-state index in [1.54, 1.807) is 0 Å². The van der Waals surface area contributed by atoms with Crippen molar-refractivity contribution in [1.82, 2.24) is 9.55 Å². The third-order valence-electron chi connectivity index (χ3n) is 3.24. The number of imidazole rings is 1. The molecule has 1 aromatic carbocycles. The Bertz CT molecular complexity index is 666. The Morgan fingerprint density at radius 1 is 1.50 bits per heavy atom. The van der Waals surface area contributed by atoms with Crippen molar-refractivity contribution in [3.05, 3.63) is 40.3 Å². The van der Waals surface area contributed by atoms with E-state index in [1.165, 1.54) is 7.11 Å². The first kappa shape index (κ1) is 13.3. The number of hydrogen-bond donors (Lipinski definition) is 0. The first-order valence-electron chi connectivity index (χ1n) is 6.22. The maximum Gasteiger partial charge on any atom is 0.374 e. The number of ether oxygens (including phenoxy) is 2. The van der Waals surface area contributed by atoms with Crippen molar-refractivity contribution >= 4 is 21.9 Å². The average molecular weight is 337 g/mol. The van der Waals surface area contributed by atoms with Crippen molar-refractivity contribution in [2.75, 3.05) is 13.7 Å². The molecule has 3 rings (SSSR count). The minimum atomic E-state index is -0.422. The van der Waals surface area contributed by atoms with Crippen LogP contribution in [0.5, 0.6) is 0 Å². The second kappa shape index (κ2) is 5.38. The molecule has 0 saturated heterocycles. The van der Waals surface area contributed by atoms with Crippen molar-refractivity contribution in [1.29, 1.82) is 0 Å². The fourth-order valence-corrected chi connectivity index (χ4v) is 2.71. The minimum Gasteiger partial charge on any atom is -0.463 e. The van der Waals surface area contributed by atoms with Crippen LogP contribution in [0.15, 0.2) is 28.7 Å². The lowest BCUT2D eigenvalue weighted by molar-refractivity contribution is 0.0553. The molecule has 2 aromatic rings. The Morgan fingerprint density at radius 3 is 3.10 bits per heavy atom. The summed E-state index contributed by atoms with van der Waals surface area (Å²) in [5.41, 5.74) is 2.63. The Labute approximate surface area is 124 Å². The molecule has 2 heterocycles. The Balaban J connectivity index is 2.16. The number of esters is 1. The standard InChI is InChI=1S/C14H13BrN2O3/c1-19-14(18)13-16-12(9-3-2-4-10(15)7-9)11-8-20-6-5-17(11)13/h2-4,7H,5-6,8H2,1H3. The molecule has 6 heteroatoms. The molecule has 5 nitrogen and oxygen atoms in total. The van der Waals surface area contributed by atoms with Crippen LogP contribution < -0.4 is 0 Å². The summed E-state index contributed by atoms with van der Waals surface area (Å²) >= 11 is 3.45. The van der Waals surface area contributed by atoms with Gasteiger partial charge in [-0.05, 0) is 12.1 Å². The van der Waals surface area contributed by atoms with Gasteiger partial charge < -0.3 is 14.0 Å². The van der Waals surface area contributed by atoms with E-state index in [9.17, 15) is 4.79 Å². The van der Waals surface area contributed by atoms with Crippen molar-refractivity contribution in [2.24, 2.45) is 0 Å². The second-order valence-corrected chi connectivity index (χ2v) is 5.35. The summed E-state index contributed by atoms with van der Waals surface area (Å²) in [5.74, 6) is -0.0878. The van der Waals surface area contributed by atoms with Crippen LogP contribution >= 0.6 is 15.9 Å². The first-order chi connectivity index (χ1) is 9.70. The molecule has 1 aromatic heterocycles. The normalized spacial score (nSPS) is 13.9. The number of rotatable bonds is 2. The molecule has 1 aliphatic heterocycles. The highest BCUT2D eigenvalue weighted by Gasteiger charge is 2.25. The second-order valence-electron chi connectivity index (χ2n) is 4.44. The summed E-state index contributed by atoms with van der Waals surface area (Å²) in [6, 6.07) is 7.82. The summed E-state index contributed by atoms with van der Waals surface area (Å²) in [7, 11) is 1.36. The number of benzene rings is 1. The summed E-state index contributed by atoms with van der Waals surface area (Å²) in [6.07, 6.45) is 0. The van der Waals surface area contributed by atoms with Gasteiger partial charge >= 0.3 is 5.97 Å². The summed E-state index contributed by atoms with van der Waals surface area (Å²) in [6.45, 7) is 1.64. The van der Waals surface area contributed by atoms with Crippen LogP contribution in [0.2, 0.25) is 0 Å². The van der Waals surface area contributed by atoms with Crippen LogP contribution in [0.3, 0.4) is 0 Å². The highest BCUT2D eigenvalue weighted by molar-refractivity contribution is 9.10. The Morgan fingerprint density at radius 2 is 2.35 bits per heavy atom. The molecule has 1 aliphatic rings. The minimum absolute atomic E-state index is 0.334. The topological polar surface area (TPSA) is 53.3 Å². The van der Waals surface area contributed by atoms with Crippen molar-refractivity contribution in [3.8, 4) is 11.3 Å². The van der Waals surface area contributed by atoms with E-state index >= 15 is 0 Å². The van der Waals surface area contributed by atoms with Crippen molar-refractivity contribution < 1.29 is 14.3 Å². The van der Waals surface area contributed by atoms with Gasteiger partial charge in [0.15, 0.2) is 0 Å². The van der Waals surface area contributed by atoms with E-state index in [2.05, 4.69) is 20.9 Å². The zero-order chi connectivity index (χ0) is 14.1. The fourth-order valence-electron chi connectivity index (χ4n) is 2.31. The van der Waals surface area contributed by atoms with Crippen LogP contribution in [0.4, 0.5) is 0 Å². The Hall–Kier alpha value is -1.66. The number of carbonyl (C=O) groups is 1. The number of methoxy groups -OCH3 is 1. The average Bonchev–Trinajstić information content (AvgIpc) is 2.86. The number of halogens is 1. The van der Waals surface area contributed by atoms with Crippen molar-refractivity contribution in [3.63, 3.8) is 0 Å². The Kier molecular flexibility index (Phi) is 3.58. The van der Waals surface area contributed by atoms with Crippen molar-refractivity contribution in [2.45, 2.75) is 13.2 Å². The molecular formula is C14H13BrN2O3.